The summed E-state index contributed by atoms with van der Waals surface area (Å²) in [6, 6.07) is 0. The number of nitrogens with two attached hydrogens (primary N) is 1. The molecule has 0 saturated heterocycles. The van der Waals surface area contributed by atoms with Crippen molar-refractivity contribution in [3.8, 4) is 0 Å². The first-order chi connectivity index (χ1) is 7.33. The Kier molecular flexibility index (Phi) is 3.70. The molecule has 0 aromatic carbocycles. The number of aliphatic carboxylic acids is 1. The minimum Gasteiger partial charge on any atom is -0.480 e. The van der Waals surface area contributed by atoms with Crippen LogP contribution in [0.3, 0.4) is 0 Å². The predicted molar refractivity (Wildman–Crippen MR) is 61.2 cm³/mol. The van der Waals surface area contributed by atoms with Crippen molar-refractivity contribution in [2.75, 3.05) is 0 Å². The Morgan fingerprint density at radius 2 is 2.31 bits per heavy atom. The van der Waals surface area contributed by atoms with Gasteiger partial charge in [0.2, 0.25) is 0 Å². The molecule has 0 radical (unpaired) electrons. The van der Waals surface area contributed by atoms with Gasteiger partial charge < -0.3 is 10.8 Å². The van der Waals surface area contributed by atoms with Crippen LogP contribution in [0.5, 0.6) is 0 Å². The quantitative estimate of drug-likeness (QED) is 0.789. The van der Waals surface area contributed by atoms with Crippen LogP contribution in [0.4, 0.5) is 0 Å². The predicted octanol–water partition coefficient (Wildman–Crippen LogP) is 1.20. The molecule has 0 fully saturated rings. The minimum atomic E-state index is -1.19. The fourth-order valence-electron chi connectivity index (χ4n) is 1.25. The first kappa shape index (κ1) is 12.7. The van der Waals surface area contributed by atoms with E-state index in [4.69, 9.17) is 10.8 Å². The number of rotatable bonds is 5. The van der Waals surface area contributed by atoms with Crippen LogP contribution in [0.15, 0.2) is 12.4 Å². The lowest BCUT2D eigenvalue weighted by molar-refractivity contribution is -0.143. The number of aromatic nitrogens is 2. The summed E-state index contributed by atoms with van der Waals surface area (Å²) in [5, 5.41) is 13.0. The number of carbonyl (C=O) groups is 1. The van der Waals surface area contributed by atoms with Gasteiger partial charge >= 0.3 is 5.97 Å². The summed E-state index contributed by atoms with van der Waals surface area (Å²) >= 11 is 0. The Morgan fingerprint density at radius 1 is 1.69 bits per heavy atom. The zero-order valence-electron chi connectivity index (χ0n) is 9.97. The average molecular weight is 225 g/mol. The van der Waals surface area contributed by atoms with Crippen molar-refractivity contribution >= 4 is 5.97 Å². The van der Waals surface area contributed by atoms with Crippen molar-refractivity contribution in [1.82, 2.24) is 9.78 Å². The van der Waals surface area contributed by atoms with Gasteiger partial charge in [-0.3, -0.25) is 9.48 Å². The monoisotopic (exact) mass is 225 g/mol. The van der Waals surface area contributed by atoms with E-state index < -0.39 is 11.5 Å². The molecule has 3 N–H and O–H groups in total. The largest absolute Gasteiger partial charge is 0.480 e. The van der Waals surface area contributed by atoms with E-state index in [1.807, 2.05) is 6.20 Å². The van der Waals surface area contributed by atoms with E-state index >= 15 is 0 Å². The van der Waals surface area contributed by atoms with E-state index in [0.717, 1.165) is 5.56 Å². The van der Waals surface area contributed by atoms with E-state index in [1.54, 1.807) is 10.9 Å². The molecule has 0 aliphatic heterocycles. The molecule has 0 aliphatic rings. The molecule has 1 atom stereocenters. The highest BCUT2D eigenvalue weighted by molar-refractivity contribution is 5.77. The van der Waals surface area contributed by atoms with Gasteiger partial charge in [0.05, 0.1) is 6.20 Å². The molecule has 0 bridgehead atoms. The third kappa shape index (κ3) is 3.06. The summed E-state index contributed by atoms with van der Waals surface area (Å²) in [5.74, 6) is -0.554. The zero-order chi connectivity index (χ0) is 12.3. The number of carboxylic acid groups (broad SMARTS) is 1. The molecule has 16 heavy (non-hydrogen) atoms. The Hall–Kier alpha value is -1.36. The smallest absolute Gasteiger partial charge is 0.323 e. The Bertz CT molecular complexity index is 369. The van der Waals surface area contributed by atoms with E-state index in [2.05, 4.69) is 18.9 Å². The van der Waals surface area contributed by atoms with Crippen molar-refractivity contribution in [2.24, 2.45) is 5.73 Å². The molecule has 0 amide bonds. The number of aryl methyl sites for hydroxylation is 1. The van der Waals surface area contributed by atoms with Crippen molar-refractivity contribution in [3.63, 3.8) is 0 Å². The van der Waals surface area contributed by atoms with Gasteiger partial charge in [0.15, 0.2) is 0 Å². The molecule has 5 heteroatoms. The maximum absolute atomic E-state index is 10.8. The summed E-state index contributed by atoms with van der Waals surface area (Å²) in [6.45, 7) is 6.21. The maximum atomic E-state index is 10.8. The van der Waals surface area contributed by atoms with Gasteiger partial charge in [-0.15, -0.1) is 0 Å². The van der Waals surface area contributed by atoms with E-state index in [-0.39, 0.29) is 0 Å². The highest BCUT2D eigenvalue weighted by Crippen LogP contribution is 2.13. The van der Waals surface area contributed by atoms with Crippen LogP contribution in [-0.2, 0) is 11.3 Å². The van der Waals surface area contributed by atoms with Gasteiger partial charge in [-0.05, 0) is 24.8 Å². The number of hydrogen-bond donors (Lipinski definition) is 2. The molecular weight excluding hydrogens is 206 g/mol. The molecule has 90 valence electrons. The van der Waals surface area contributed by atoms with Gasteiger partial charge in [-0.1, -0.05) is 13.8 Å². The molecule has 0 spiro atoms. The van der Waals surface area contributed by atoms with Crippen molar-refractivity contribution in [1.29, 1.82) is 0 Å². The van der Waals surface area contributed by atoms with Gasteiger partial charge in [0.1, 0.15) is 5.54 Å². The molecular formula is C11H19N3O2. The first-order valence-corrected chi connectivity index (χ1v) is 5.37. The number of nitrogens with zero attached hydrogens (tertiary/aromatic N) is 2. The van der Waals surface area contributed by atoms with Crippen LogP contribution in [0, 0.1) is 0 Å². The van der Waals surface area contributed by atoms with E-state index in [0.29, 0.717) is 18.9 Å². The lowest BCUT2D eigenvalue weighted by Crippen LogP contribution is -2.45. The highest BCUT2D eigenvalue weighted by atomic mass is 16.4. The van der Waals surface area contributed by atoms with Crippen molar-refractivity contribution in [2.45, 2.75) is 45.2 Å². The highest BCUT2D eigenvalue weighted by Gasteiger charge is 2.27. The summed E-state index contributed by atoms with van der Waals surface area (Å²) in [5.41, 5.74) is 5.59. The average Bonchev–Trinajstić information content (AvgIpc) is 2.63. The SMILES string of the molecule is CC(C)c1cnn(CCC(C)(N)C(=O)O)c1. The second-order valence-corrected chi connectivity index (χ2v) is 4.66. The molecule has 1 aromatic heterocycles. The summed E-state index contributed by atoms with van der Waals surface area (Å²) in [7, 11) is 0. The standard InChI is InChI=1S/C11H19N3O2/c1-8(2)9-6-13-14(7-9)5-4-11(3,12)10(15)16/h6-8H,4-5,12H2,1-3H3,(H,15,16). The second kappa shape index (κ2) is 4.65. The van der Waals surface area contributed by atoms with Gasteiger partial charge in [-0.25, -0.2) is 0 Å². The third-order valence-electron chi connectivity index (χ3n) is 2.67. The summed E-state index contributed by atoms with van der Waals surface area (Å²) in [6.07, 6.45) is 4.10. The summed E-state index contributed by atoms with van der Waals surface area (Å²) in [4.78, 5) is 10.8. The second-order valence-electron chi connectivity index (χ2n) is 4.66. The van der Waals surface area contributed by atoms with Crippen LogP contribution in [0.2, 0.25) is 0 Å². The van der Waals surface area contributed by atoms with Crippen LogP contribution in [0.1, 0.15) is 38.7 Å². The van der Waals surface area contributed by atoms with Gasteiger partial charge in [-0.2, -0.15) is 5.10 Å². The van der Waals surface area contributed by atoms with Crippen LogP contribution >= 0.6 is 0 Å². The maximum Gasteiger partial charge on any atom is 0.323 e. The minimum absolute atomic E-state index is 0.363. The molecule has 0 aliphatic carbocycles. The Balaban J connectivity index is 2.58. The lowest BCUT2D eigenvalue weighted by atomic mass is 10.00. The first-order valence-electron chi connectivity index (χ1n) is 5.37. The van der Waals surface area contributed by atoms with Crippen molar-refractivity contribution < 1.29 is 9.90 Å². The fraction of sp³-hybridized carbons (Fsp3) is 0.636. The molecule has 0 saturated carbocycles. The van der Waals surface area contributed by atoms with E-state index in [9.17, 15) is 4.79 Å². The molecule has 1 unspecified atom stereocenters. The van der Waals surface area contributed by atoms with Crippen molar-refractivity contribution in [3.05, 3.63) is 18.0 Å². The molecule has 1 heterocycles. The zero-order valence-corrected chi connectivity index (χ0v) is 9.97. The molecule has 1 aromatic rings. The fourth-order valence-corrected chi connectivity index (χ4v) is 1.25. The lowest BCUT2D eigenvalue weighted by Gasteiger charge is -2.18. The van der Waals surface area contributed by atoms with Gasteiger partial charge in [0, 0.05) is 12.7 Å². The van der Waals surface area contributed by atoms with E-state index in [1.165, 1.54) is 6.92 Å². The topological polar surface area (TPSA) is 81.1 Å². The van der Waals surface area contributed by atoms with Crippen LogP contribution < -0.4 is 5.73 Å². The number of carboxylic acids is 1. The Morgan fingerprint density at radius 3 is 2.75 bits per heavy atom. The number of hydrogen-bond acceptors (Lipinski definition) is 3. The summed E-state index contributed by atoms with van der Waals surface area (Å²) < 4.78 is 1.74. The normalized spacial score (nSPS) is 15.1. The van der Waals surface area contributed by atoms with Crippen LogP contribution in [-0.4, -0.2) is 26.4 Å². The molecule has 5 nitrogen and oxygen atoms in total. The Labute approximate surface area is 95.3 Å². The molecule has 1 rings (SSSR count). The van der Waals surface area contributed by atoms with Crippen LogP contribution in [0.25, 0.3) is 0 Å². The third-order valence-corrected chi connectivity index (χ3v) is 2.67. The van der Waals surface area contributed by atoms with Gasteiger partial charge in [0.25, 0.3) is 0 Å².